The summed E-state index contributed by atoms with van der Waals surface area (Å²) in [5.41, 5.74) is 1.74. The van der Waals surface area contributed by atoms with Gasteiger partial charge in [-0.2, -0.15) is 0 Å². The molecule has 1 amide bonds. The normalized spacial score (nSPS) is 11.7. The van der Waals surface area contributed by atoms with Crippen molar-refractivity contribution in [3.8, 4) is 5.75 Å². The monoisotopic (exact) mass is 301 g/mol. The molecule has 2 aromatic rings. The summed E-state index contributed by atoms with van der Waals surface area (Å²) in [6.45, 7) is 2.08. The molecule has 110 valence electrons. The summed E-state index contributed by atoms with van der Waals surface area (Å²) in [5.74, 6) is 1.68. The van der Waals surface area contributed by atoms with Gasteiger partial charge in [-0.05, 0) is 35.6 Å². The maximum atomic E-state index is 12.3. The van der Waals surface area contributed by atoms with Gasteiger partial charge in [-0.1, -0.05) is 37.3 Å². The quantitative estimate of drug-likeness (QED) is 0.823. The summed E-state index contributed by atoms with van der Waals surface area (Å²) < 4.78 is 5.17. The molecule has 0 aliphatic rings. The lowest BCUT2D eigenvalue weighted by Crippen LogP contribution is -2.26. The number of benzene rings is 2. The standard InChI is InChI=1S/C17H19NO2S/c1-3-21-17(14-9-11-15(20-2)12-10-14)18-16(19)13-7-5-4-6-8-13/h4-12,17H,3H2,1-2H3,(H,18,19). The predicted molar refractivity (Wildman–Crippen MR) is 87.8 cm³/mol. The van der Waals surface area contributed by atoms with Gasteiger partial charge in [0.05, 0.1) is 7.11 Å². The maximum Gasteiger partial charge on any atom is 0.252 e. The summed E-state index contributed by atoms with van der Waals surface area (Å²) in [7, 11) is 1.64. The second-order valence-corrected chi connectivity index (χ2v) is 5.83. The highest BCUT2D eigenvalue weighted by Gasteiger charge is 2.15. The molecule has 1 unspecified atom stereocenters. The number of carbonyl (C=O) groups is 1. The van der Waals surface area contributed by atoms with Gasteiger partial charge in [0.2, 0.25) is 0 Å². The van der Waals surface area contributed by atoms with Gasteiger partial charge < -0.3 is 10.1 Å². The van der Waals surface area contributed by atoms with Crippen molar-refractivity contribution in [1.82, 2.24) is 5.32 Å². The zero-order chi connectivity index (χ0) is 15.1. The lowest BCUT2D eigenvalue weighted by atomic mass is 10.2. The largest absolute Gasteiger partial charge is 0.497 e. The number of hydrogen-bond acceptors (Lipinski definition) is 3. The first-order chi connectivity index (χ1) is 10.2. The molecular weight excluding hydrogens is 282 g/mol. The van der Waals surface area contributed by atoms with Crippen LogP contribution < -0.4 is 10.1 Å². The Kier molecular flexibility index (Phi) is 5.69. The molecule has 2 rings (SSSR count). The summed E-state index contributed by atoms with van der Waals surface area (Å²) >= 11 is 1.69. The van der Waals surface area contributed by atoms with Gasteiger partial charge in [0, 0.05) is 5.56 Å². The number of methoxy groups -OCH3 is 1. The summed E-state index contributed by atoms with van der Waals surface area (Å²) in [6, 6.07) is 17.1. The van der Waals surface area contributed by atoms with Crippen molar-refractivity contribution < 1.29 is 9.53 Å². The predicted octanol–water partition coefficient (Wildman–Crippen LogP) is 3.88. The van der Waals surface area contributed by atoms with Crippen molar-refractivity contribution in [3.05, 3.63) is 65.7 Å². The molecule has 0 saturated heterocycles. The van der Waals surface area contributed by atoms with Crippen molar-refractivity contribution >= 4 is 17.7 Å². The highest BCUT2D eigenvalue weighted by atomic mass is 32.2. The van der Waals surface area contributed by atoms with Crippen LogP contribution in [-0.4, -0.2) is 18.8 Å². The van der Waals surface area contributed by atoms with Crippen LogP contribution in [0.3, 0.4) is 0 Å². The van der Waals surface area contributed by atoms with Crippen LogP contribution in [0.4, 0.5) is 0 Å². The molecule has 2 aromatic carbocycles. The third-order valence-corrected chi connectivity index (χ3v) is 4.11. The molecule has 0 aliphatic carbocycles. The molecule has 0 radical (unpaired) electrons. The Morgan fingerprint density at radius 2 is 1.81 bits per heavy atom. The number of rotatable bonds is 6. The van der Waals surface area contributed by atoms with Gasteiger partial charge in [-0.3, -0.25) is 4.79 Å². The number of carbonyl (C=O) groups excluding carboxylic acids is 1. The lowest BCUT2D eigenvalue weighted by molar-refractivity contribution is 0.0949. The van der Waals surface area contributed by atoms with E-state index in [2.05, 4.69) is 12.2 Å². The molecular formula is C17H19NO2S. The topological polar surface area (TPSA) is 38.3 Å². The van der Waals surface area contributed by atoms with Crippen molar-refractivity contribution in [2.24, 2.45) is 0 Å². The van der Waals surface area contributed by atoms with Crippen molar-refractivity contribution in [2.45, 2.75) is 12.3 Å². The molecule has 0 heterocycles. The smallest absolute Gasteiger partial charge is 0.252 e. The molecule has 0 aliphatic heterocycles. The molecule has 0 saturated carbocycles. The first-order valence-corrected chi connectivity index (χ1v) is 7.91. The highest BCUT2D eigenvalue weighted by molar-refractivity contribution is 7.99. The molecule has 21 heavy (non-hydrogen) atoms. The van der Waals surface area contributed by atoms with E-state index in [1.807, 2.05) is 54.6 Å². The van der Waals surface area contributed by atoms with E-state index in [4.69, 9.17) is 4.74 Å². The van der Waals surface area contributed by atoms with Crippen LogP contribution in [0.5, 0.6) is 5.75 Å². The first-order valence-electron chi connectivity index (χ1n) is 6.86. The minimum absolute atomic E-state index is 0.0580. The molecule has 1 atom stereocenters. The maximum absolute atomic E-state index is 12.3. The van der Waals surface area contributed by atoms with Crippen molar-refractivity contribution in [2.75, 3.05) is 12.9 Å². The Hall–Kier alpha value is -1.94. The SMILES string of the molecule is CCSC(NC(=O)c1ccccc1)c1ccc(OC)cc1. The van der Waals surface area contributed by atoms with E-state index in [-0.39, 0.29) is 11.3 Å². The van der Waals surface area contributed by atoms with Crippen LogP contribution in [-0.2, 0) is 0 Å². The first kappa shape index (κ1) is 15.4. The number of nitrogens with one attached hydrogen (secondary N) is 1. The van der Waals surface area contributed by atoms with Gasteiger partial charge >= 0.3 is 0 Å². The fraction of sp³-hybridized carbons (Fsp3) is 0.235. The average Bonchev–Trinajstić information content (AvgIpc) is 2.55. The van der Waals surface area contributed by atoms with Gasteiger partial charge in [-0.15, -0.1) is 11.8 Å². The number of ether oxygens (including phenoxy) is 1. The molecule has 0 spiro atoms. The zero-order valence-corrected chi connectivity index (χ0v) is 13.0. The van der Waals surface area contributed by atoms with Gasteiger partial charge in [-0.25, -0.2) is 0 Å². The van der Waals surface area contributed by atoms with Crippen LogP contribution in [0.2, 0.25) is 0 Å². The van der Waals surface area contributed by atoms with Gasteiger partial charge in [0.1, 0.15) is 11.1 Å². The second kappa shape index (κ2) is 7.74. The van der Waals surface area contributed by atoms with E-state index in [1.165, 1.54) is 0 Å². The summed E-state index contributed by atoms with van der Waals surface area (Å²) in [6.07, 6.45) is 0. The minimum atomic E-state index is -0.0615. The lowest BCUT2D eigenvalue weighted by Gasteiger charge is -2.18. The molecule has 0 bridgehead atoms. The van der Waals surface area contributed by atoms with E-state index >= 15 is 0 Å². The third-order valence-electron chi connectivity index (χ3n) is 3.05. The molecule has 0 aromatic heterocycles. The van der Waals surface area contributed by atoms with Crippen molar-refractivity contribution in [1.29, 1.82) is 0 Å². The molecule has 1 N–H and O–H groups in total. The van der Waals surface area contributed by atoms with Crippen LogP contribution in [0, 0.1) is 0 Å². The number of amides is 1. The van der Waals surface area contributed by atoms with Crippen LogP contribution in [0.25, 0.3) is 0 Å². The molecule has 0 fully saturated rings. The fourth-order valence-corrected chi connectivity index (χ4v) is 2.83. The van der Waals surface area contributed by atoms with Gasteiger partial charge in [0.25, 0.3) is 5.91 Å². The minimum Gasteiger partial charge on any atom is -0.497 e. The van der Waals surface area contributed by atoms with E-state index in [0.29, 0.717) is 5.56 Å². The van der Waals surface area contributed by atoms with Crippen LogP contribution in [0.1, 0.15) is 28.2 Å². The number of thioether (sulfide) groups is 1. The Bertz CT molecular complexity index is 569. The van der Waals surface area contributed by atoms with Crippen molar-refractivity contribution in [3.63, 3.8) is 0 Å². The van der Waals surface area contributed by atoms with E-state index in [1.54, 1.807) is 18.9 Å². The second-order valence-electron chi connectivity index (χ2n) is 4.45. The van der Waals surface area contributed by atoms with Crippen LogP contribution >= 0.6 is 11.8 Å². The average molecular weight is 301 g/mol. The fourth-order valence-electron chi connectivity index (χ4n) is 1.96. The molecule has 4 heteroatoms. The summed E-state index contributed by atoms with van der Waals surface area (Å²) in [4.78, 5) is 12.3. The molecule has 3 nitrogen and oxygen atoms in total. The van der Waals surface area contributed by atoms with E-state index in [9.17, 15) is 4.79 Å². The summed E-state index contributed by atoms with van der Waals surface area (Å²) in [5, 5.41) is 3.01. The van der Waals surface area contributed by atoms with E-state index < -0.39 is 0 Å². The Labute approximate surface area is 129 Å². The Morgan fingerprint density at radius 3 is 2.38 bits per heavy atom. The third kappa shape index (κ3) is 4.26. The highest BCUT2D eigenvalue weighted by Crippen LogP contribution is 2.27. The van der Waals surface area contributed by atoms with Gasteiger partial charge in [0.15, 0.2) is 0 Å². The van der Waals surface area contributed by atoms with E-state index in [0.717, 1.165) is 17.1 Å². The van der Waals surface area contributed by atoms with Crippen LogP contribution in [0.15, 0.2) is 54.6 Å². The number of hydrogen-bond donors (Lipinski definition) is 1. The Morgan fingerprint density at radius 1 is 1.14 bits per heavy atom. The zero-order valence-electron chi connectivity index (χ0n) is 12.2. The Balaban J connectivity index is 2.13.